The largest absolute Gasteiger partial charge is 0.472 e. The summed E-state index contributed by atoms with van der Waals surface area (Å²) in [5, 5.41) is 5.14. The number of fused-ring (bicyclic) bond motifs is 1. The molecule has 0 amide bonds. The second kappa shape index (κ2) is 6.53. The first-order valence-electron chi connectivity index (χ1n) is 7.67. The molecule has 4 aromatic rings. The third-order valence-electron chi connectivity index (χ3n) is 3.76. The normalized spacial score (nSPS) is 11.0. The number of nitrogens with zero attached hydrogens (tertiary/aromatic N) is 3. The van der Waals surface area contributed by atoms with Gasteiger partial charge in [0.1, 0.15) is 12.4 Å². The van der Waals surface area contributed by atoms with E-state index in [9.17, 15) is 4.39 Å². The van der Waals surface area contributed by atoms with Gasteiger partial charge in [-0.15, -0.1) is 5.10 Å². The number of ether oxygens (including phenoxy) is 1. The summed E-state index contributed by atoms with van der Waals surface area (Å²) in [7, 11) is 0. The molecule has 0 aliphatic rings. The molecule has 2 aromatic carbocycles. The van der Waals surface area contributed by atoms with Crippen molar-refractivity contribution in [2.75, 3.05) is 0 Å². The van der Waals surface area contributed by atoms with Crippen molar-refractivity contribution in [1.82, 2.24) is 14.6 Å². The molecule has 4 nitrogen and oxygen atoms in total. The fraction of sp³-hybridized carbons (Fsp3) is 0.0526. The number of benzene rings is 2. The lowest BCUT2D eigenvalue weighted by molar-refractivity contribution is 0.289. The minimum Gasteiger partial charge on any atom is -0.472 e. The van der Waals surface area contributed by atoms with Gasteiger partial charge >= 0.3 is 0 Å². The van der Waals surface area contributed by atoms with Gasteiger partial charge in [-0.25, -0.2) is 13.9 Å². The molecule has 4 rings (SSSR count). The molecular weight excluding hydrogens is 341 g/mol. The van der Waals surface area contributed by atoms with Gasteiger partial charge in [-0.05, 0) is 35.9 Å². The quantitative estimate of drug-likeness (QED) is 0.530. The van der Waals surface area contributed by atoms with E-state index in [0.29, 0.717) is 23.2 Å². The average Bonchev–Trinajstić information content (AvgIpc) is 3.04. The summed E-state index contributed by atoms with van der Waals surface area (Å²) < 4.78 is 20.4. The van der Waals surface area contributed by atoms with Crippen molar-refractivity contribution in [3.63, 3.8) is 0 Å². The van der Waals surface area contributed by atoms with Crippen molar-refractivity contribution < 1.29 is 9.13 Å². The maximum absolute atomic E-state index is 13.0. The zero-order valence-corrected chi connectivity index (χ0v) is 13.8. The van der Waals surface area contributed by atoms with Crippen LogP contribution < -0.4 is 4.74 Å². The third kappa shape index (κ3) is 3.32. The molecule has 0 radical (unpaired) electrons. The summed E-state index contributed by atoms with van der Waals surface area (Å²) in [4.78, 5) is 4.35. The number of hydrogen-bond donors (Lipinski definition) is 0. The molecule has 0 aliphatic heterocycles. The molecule has 0 saturated heterocycles. The van der Waals surface area contributed by atoms with Crippen molar-refractivity contribution in [2.24, 2.45) is 0 Å². The van der Waals surface area contributed by atoms with Crippen molar-refractivity contribution in [2.45, 2.75) is 6.61 Å². The highest BCUT2D eigenvalue weighted by molar-refractivity contribution is 6.30. The Morgan fingerprint density at radius 2 is 1.88 bits per heavy atom. The Hall–Kier alpha value is -2.92. The van der Waals surface area contributed by atoms with Crippen LogP contribution in [-0.2, 0) is 6.61 Å². The van der Waals surface area contributed by atoms with E-state index in [-0.39, 0.29) is 5.82 Å². The highest BCUT2D eigenvalue weighted by Crippen LogP contribution is 2.24. The first-order chi connectivity index (χ1) is 12.2. The maximum atomic E-state index is 13.0. The predicted molar refractivity (Wildman–Crippen MR) is 94.2 cm³/mol. The Kier molecular flexibility index (Phi) is 4.07. The van der Waals surface area contributed by atoms with Crippen LogP contribution >= 0.6 is 11.6 Å². The van der Waals surface area contributed by atoms with Crippen molar-refractivity contribution in [3.8, 4) is 17.1 Å². The molecule has 0 aliphatic carbocycles. The fourth-order valence-electron chi connectivity index (χ4n) is 2.52. The lowest BCUT2D eigenvalue weighted by Crippen LogP contribution is -2.01. The number of aromatic nitrogens is 3. The van der Waals surface area contributed by atoms with E-state index in [4.69, 9.17) is 16.3 Å². The second-order valence-corrected chi connectivity index (χ2v) is 5.95. The lowest BCUT2D eigenvalue weighted by atomic mass is 10.2. The van der Waals surface area contributed by atoms with E-state index >= 15 is 0 Å². The van der Waals surface area contributed by atoms with Gasteiger partial charge in [0.15, 0.2) is 5.65 Å². The number of hydrogen-bond acceptors (Lipinski definition) is 3. The fourth-order valence-corrected chi connectivity index (χ4v) is 2.71. The van der Waals surface area contributed by atoms with Gasteiger partial charge in [-0.1, -0.05) is 35.9 Å². The number of rotatable bonds is 4. The summed E-state index contributed by atoms with van der Waals surface area (Å²) in [6.07, 6.45) is 1.75. The molecule has 0 spiro atoms. The van der Waals surface area contributed by atoms with Crippen LogP contribution in [0, 0.1) is 5.82 Å². The second-order valence-electron chi connectivity index (χ2n) is 5.51. The molecule has 0 fully saturated rings. The standard InChI is InChI=1S/C19H13ClFN3O/c20-15-3-1-2-14(10-15)17-11-22-18-8-9-19(23-24(17)18)25-12-13-4-6-16(21)7-5-13/h1-11H,12H2. The molecule has 124 valence electrons. The van der Waals surface area contributed by atoms with E-state index in [1.54, 1.807) is 28.9 Å². The van der Waals surface area contributed by atoms with Gasteiger partial charge in [0.05, 0.1) is 11.9 Å². The molecular formula is C19H13ClFN3O. The summed E-state index contributed by atoms with van der Waals surface area (Å²) in [5.41, 5.74) is 3.32. The lowest BCUT2D eigenvalue weighted by Gasteiger charge is -2.07. The Morgan fingerprint density at radius 3 is 2.68 bits per heavy atom. The van der Waals surface area contributed by atoms with E-state index in [1.165, 1.54) is 12.1 Å². The van der Waals surface area contributed by atoms with Crippen molar-refractivity contribution in [3.05, 3.63) is 83.3 Å². The Bertz CT molecular complexity index is 1030. The highest BCUT2D eigenvalue weighted by Gasteiger charge is 2.09. The van der Waals surface area contributed by atoms with Gasteiger partial charge < -0.3 is 4.74 Å². The van der Waals surface area contributed by atoms with Crippen LogP contribution in [0.4, 0.5) is 4.39 Å². The smallest absolute Gasteiger partial charge is 0.232 e. The van der Waals surface area contributed by atoms with E-state index in [0.717, 1.165) is 16.8 Å². The van der Waals surface area contributed by atoms with Crippen LogP contribution in [0.15, 0.2) is 66.9 Å². The van der Waals surface area contributed by atoms with E-state index in [1.807, 2.05) is 30.3 Å². The predicted octanol–water partition coefficient (Wildman–Crippen LogP) is 4.77. The monoisotopic (exact) mass is 353 g/mol. The molecule has 0 saturated carbocycles. The molecule has 6 heteroatoms. The molecule has 0 bridgehead atoms. The van der Waals surface area contributed by atoms with Crippen molar-refractivity contribution >= 4 is 17.2 Å². The molecule has 2 aromatic heterocycles. The van der Waals surface area contributed by atoms with Crippen LogP contribution in [0.3, 0.4) is 0 Å². The topological polar surface area (TPSA) is 39.4 Å². The zero-order valence-electron chi connectivity index (χ0n) is 13.1. The van der Waals surface area contributed by atoms with E-state index < -0.39 is 0 Å². The zero-order chi connectivity index (χ0) is 17.2. The van der Waals surface area contributed by atoms with Gasteiger partial charge in [-0.2, -0.15) is 0 Å². The van der Waals surface area contributed by atoms with Crippen molar-refractivity contribution in [1.29, 1.82) is 0 Å². The molecule has 2 heterocycles. The minimum atomic E-state index is -0.270. The summed E-state index contributed by atoms with van der Waals surface area (Å²) in [5.74, 6) is 0.186. The highest BCUT2D eigenvalue weighted by atomic mass is 35.5. The first kappa shape index (κ1) is 15.6. The Morgan fingerprint density at radius 1 is 1.04 bits per heavy atom. The van der Waals surface area contributed by atoms with Gasteiger partial charge in [0, 0.05) is 16.7 Å². The Balaban J connectivity index is 1.63. The van der Waals surface area contributed by atoms with Crippen LogP contribution in [0.5, 0.6) is 5.88 Å². The van der Waals surface area contributed by atoms with Crippen LogP contribution in [-0.4, -0.2) is 14.6 Å². The summed E-state index contributed by atoms with van der Waals surface area (Å²) in [6.45, 7) is 0.306. The molecule has 0 unspecified atom stereocenters. The van der Waals surface area contributed by atoms with Crippen LogP contribution in [0.1, 0.15) is 5.56 Å². The first-order valence-corrected chi connectivity index (χ1v) is 8.05. The third-order valence-corrected chi connectivity index (χ3v) is 3.99. The number of imidazole rings is 1. The number of halogens is 2. The minimum absolute atomic E-state index is 0.270. The summed E-state index contributed by atoms with van der Waals surface area (Å²) in [6, 6.07) is 17.3. The Labute approximate surface area is 148 Å². The summed E-state index contributed by atoms with van der Waals surface area (Å²) >= 11 is 6.07. The molecule has 0 N–H and O–H groups in total. The SMILES string of the molecule is Fc1ccc(COc2ccc3ncc(-c4cccc(Cl)c4)n3n2)cc1. The van der Waals surface area contributed by atoms with Crippen LogP contribution in [0.25, 0.3) is 16.9 Å². The maximum Gasteiger partial charge on any atom is 0.232 e. The molecule has 0 atom stereocenters. The van der Waals surface area contributed by atoms with Gasteiger partial charge in [0.25, 0.3) is 0 Å². The average molecular weight is 354 g/mol. The van der Waals surface area contributed by atoms with Crippen LogP contribution in [0.2, 0.25) is 5.02 Å². The molecule has 25 heavy (non-hydrogen) atoms. The van der Waals surface area contributed by atoms with Gasteiger partial charge in [-0.3, -0.25) is 0 Å². The van der Waals surface area contributed by atoms with E-state index in [2.05, 4.69) is 10.1 Å². The van der Waals surface area contributed by atoms with Gasteiger partial charge in [0.2, 0.25) is 5.88 Å².